The second-order valence-corrected chi connectivity index (χ2v) is 7.68. The summed E-state index contributed by atoms with van der Waals surface area (Å²) in [4.78, 5) is 28.5. The van der Waals surface area contributed by atoms with Gasteiger partial charge in [-0.05, 0) is 24.1 Å². The Bertz CT molecular complexity index is 895. The Hall–Kier alpha value is -2.58. The van der Waals surface area contributed by atoms with Gasteiger partial charge in [-0.15, -0.1) is 0 Å². The summed E-state index contributed by atoms with van der Waals surface area (Å²) in [5.74, 6) is -0.510. The zero-order valence-corrected chi connectivity index (χ0v) is 15.1. The van der Waals surface area contributed by atoms with E-state index in [-0.39, 0.29) is 41.4 Å². The van der Waals surface area contributed by atoms with E-state index in [0.29, 0.717) is 6.42 Å². The van der Waals surface area contributed by atoms with Crippen LogP contribution in [0.1, 0.15) is 37.8 Å². The first kappa shape index (κ1) is 18.2. The van der Waals surface area contributed by atoms with Gasteiger partial charge < -0.3 is 0 Å². The molecule has 8 heteroatoms. The van der Waals surface area contributed by atoms with E-state index in [1.165, 1.54) is 12.1 Å². The molecular formula is C18H19N3O4S. The number of anilines is 1. The number of nitrogens with zero attached hydrogens (tertiary/aromatic N) is 2. The molecule has 136 valence electrons. The normalized spacial score (nSPS) is 16.1. The molecule has 3 rings (SSSR count). The maximum Gasteiger partial charge on any atom is 0.242 e. The first-order chi connectivity index (χ1) is 12.4. The van der Waals surface area contributed by atoms with E-state index in [2.05, 4.69) is 9.71 Å². The average molecular weight is 373 g/mol. The second kappa shape index (κ2) is 7.35. The Balaban J connectivity index is 1.81. The molecule has 1 aliphatic heterocycles. The van der Waals surface area contributed by atoms with Gasteiger partial charge in [0.25, 0.3) is 0 Å². The summed E-state index contributed by atoms with van der Waals surface area (Å²) in [5.41, 5.74) is 0.872. The zero-order chi connectivity index (χ0) is 18.7. The maximum absolute atomic E-state index is 12.6. The highest BCUT2D eigenvalue weighted by molar-refractivity contribution is 7.89. The minimum Gasteiger partial charge on any atom is -0.274 e. The molecule has 2 amide bonds. The van der Waals surface area contributed by atoms with Gasteiger partial charge >= 0.3 is 0 Å². The van der Waals surface area contributed by atoms with Crippen LogP contribution < -0.4 is 9.62 Å². The highest BCUT2D eigenvalue weighted by Crippen LogP contribution is 2.23. The van der Waals surface area contributed by atoms with Crippen LogP contribution in [-0.4, -0.2) is 25.2 Å². The van der Waals surface area contributed by atoms with Gasteiger partial charge in [0.15, 0.2) is 0 Å². The van der Waals surface area contributed by atoms with Crippen molar-refractivity contribution >= 4 is 27.7 Å². The summed E-state index contributed by atoms with van der Waals surface area (Å²) in [5, 5.41) is 0. The van der Waals surface area contributed by atoms with Crippen molar-refractivity contribution in [1.29, 1.82) is 0 Å². The number of carbonyl (C=O) groups is 2. The minimum atomic E-state index is -3.79. The summed E-state index contributed by atoms with van der Waals surface area (Å²) in [6.45, 7) is 1.89. The fourth-order valence-corrected chi connectivity index (χ4v) is 4.08. The number of hydrogen-bond donors (Lipinski definition) is 1. The van der Waals surface area contributed by atoms with Gasteiger partial charge in [-0.1, -0.05) is 37.3 Å². The predicted octanol–water partition coefficient (Wildman–Crippen LogP) is 2.16. The van der Waals surface area contributed by atoms with Crippen molar-refractivity contribution in [2.24, 2.45) is 0 Å². The Kier molecular flexibility index (Phi) is 5.15. The molecule has 0 bridgehead atoms. The second-order valence-electron chi connectivity index (χ2n) is 5.97. The largest absolute Gasteiger partial charge is 0.274 e. The van der Waals surface area contributed by atoms with Gasteiger partial charge in [0.05, 0.1) is 0 Å². The van der Waals surface area contributed by atoms with Crippen LogP contribution in [0.3, 0.4) is 0 Å². The summed E-state index contributed by atoms with van der Waals surface area (Å²) in [6, 6.07) is 11.7. The molecule has 1 fully saturated rings. The van der Waals surface area contributed by atoms with Crippen molar-refractivity contribution in [2.45, 2.75) is 37.1 Å². The molecule has 2 heterocycles. The number of sulfonamides is 1. The molecule has 1 atom stereocenters. The van der Waals surface area contributed by atoms with E-state index in [0.717, 1.165) is 16.7 Å². The van der Waals surface area contributed by atoms with Crippen molar-refractivity contribution in [1.82, 2.24) is 9.71 Å². The molecule has 0 radical (unpaired) electrons. The third kappa shape index (κ3) is 3.66. The van der Waals surface area contributed by atoms with Crippen molar-refractivity contribution in [3.8, 4) is 0 Å². The number of amides is 2. The van der Waals surface area contributed by atoms with Crippen molar-refractivity contribution in [3.05, 3.63) is 54.2 Å². The van der Waals surface area contributed by atoms with Crippen LogP contribution in [0, 0.1) is 0 Å². The van der Waals surface area contributed by atoms with E-state index in [9.17, 15) is 18.0 Å². The molecule has 0 spiro atoms. The number of rotatable bonds is 6. The predicted molar refractivity (Wildman–Crippen MR) is 95.8 cm³/mol. The highest BCUT2D eigenvalue weighted by Gasteiger charge is 2.31. The number of imide groups is 1. The van der Waals surface area contributed by atoms with Crippen molar-refractivity contribution in [2.75, 3.05) is 4.90 Å². The molecule has 1 saturated heterocycles. The molecule has 1 N–H and O–H groups in total. The monoisotopic (exact) mass is 373 g/mol. The maximum atomic E-state index is 12.6. The summed E-state index contributed by atoms with van der Waals surface area (Å²) in [7, 11) is -3.79. The number of carbonyl (C=O) groups excluding carboxylic acids is 2. The first-order valence-corrected chi connectivity index (χ1v) is 9.80. The quantitative estimate of drug-likeness (QED) is 0.783. The number of aromatic nitrogens is 1. The third-order valence-corrected chi connectivity index (χ3v) is 5.68. The first-order valence-electron chi connectivity index (χ1n) is 8.31. The van der Waals surface area contributed by atoms with Gasteiger partial charge in [-0.3, -0.25) is 9.59 Å². The summed E-state index contributed by atoms with van der Waals surface area (Å²) >= 11 is 0. The van der Waals surface area contributed by atoms with Crippen LogP contribution >= 0.6 is 0 Å². The lowest BCUT2D eigenvalue weighted by molar-refractivity contribution is -0.121. The van der Waals surface area contributed by atoms with Gasteiger partial charge in [0.2, 0.25) is 21.8 Å². The lowest BCUT2D eigenvalue weighted by atomic mass is 10.1. The Labute approximate surface area is 152 Å². The Morgan fingerprint density at radius 3 is 2.27 bits per heavy atom. The molecule has 0 aliphatic carbocycles. The van der Waals surface area contributed by atoms with Crippen LogP contribution in [0.15, 0.2) is 53.6 Å². The third-order valence-electron chi connectivity index (χ3n) is 4.22. The fourth-order valence-electron chi connectivity index (χ4n) is 2.82. The molecule has 1 aromatic heterocycles. The topological polar surface area (TPSA) is 96.4 Å². The molecule has 2 aromatic rings. The number of hydrogen-bond acceptors (Lipinski definition) is 5. The van der Waals surface area contributed by atoms with Gasteiger partial charge in [-0.25, -0.2) is 23.0 Å². The molecular weight excluding hydrogens is 354 g/mol. The number of benzene rings is 1. The Morgan fingerprint density at radius 2 is 1.73 bits per heavy atom. The van der Waals surface area contributed by atoms with E-state index in [1.807, 2.05) is 37.3 Å². The van der Waals surface area contributed by atoms with Crippen LogP contribution in [0.4, 0.5) is 5.82 Å². The molecule has 1 aromatic carbocycles. The number of pyridine rings is 1. The minimum absolute atomic E-state index is 0.0188. The van der Waals surface area contributed by atoms with Crippen LogP contribution in [0.25, 0.3) is 0 Å². The van der Waals surface area contributed by atoms with E-state index >= 15 is 0 Å². The van der Waals surface area contributed by atoms with Crippen molar-refractivity contribution < 1.29 is 18.0 Å². The molecule has 26 heavy (non-hydrogen) atoms. The van der Waals surface area contributed by atoms with E-state index in [4.69, 9.17) is 0 Å². The fraction of sp³-hybridized carbons (Fsp3) is 0.278. The SMILES string of the molecule is CC[C@@H](NS(=O)(=O)c1ccc(N2C(=O)CCC2=O)nc1)c1ccccc1. The van der Waals surface area contributed by atoms with Gasteiger partial charge in [0.1, 0.15) is 10.7 Å². The average Bonchev–Trinajstić information content (AvgIpc) is 2.99. The van der Waals surface area contributed by atoms with Crippen LogP contribution in [-0.2, 0) is 19.6 Å². The van der Waals surface area contributed by atoms with Gasteiger partial charge in [0, 0.05) is 25.1 Å². The lowest BCUT2D eigenvalue weighted by Crippen LogP contribution is -2.30. The van der Waals surface area contributed by atoms with Crippen LogP contribution in [0.2, 0.25) is 0 Å². The highest BCUT2D eigenvalue weighted by atomic mass is 32.2. The summed E-state index contributed by atoms with van der Waals surface area (Å²) < 4.78 is 27.9. The molecule has 0 saturated carbocycles. The number of nitrogens with one attached hydrogen (secondary N) is 1. The standard InChI is InChI=1S/C18H19N3O4S/c1-2-15(13-6-4-3-5-7-13)20-26(24,25)14-8-9-16(19-12-14)21-17(22)10-11-18(21)23/h3-9,12,15,20H,2,10-11H2,1H3/t15-/m1/s1. The van der Waals surface area contributed by atoms with E-state index in [1.54, 1.807) is 0 Å². The van der Waals surface area contributed by atoms with Crippen LogP contribution in [0.5, 0.6) is 0 Å². The molecule has 1 aliphatic rings. The van der Waals surface area contributed by atoms with Crippen molar-refractivity contribution in [3.63, 3.8) is 0 Å². The van der Waals surface area contributed by atoms with Gasteiger partial charge in [-0.2, -0.15) is 0 Å². The van der Waals surface area contributed by atoms with E-state index < -0.39 is 10.0 Å². The Morgan fingerprint density at radius 1 is 1.08 bits per heavy atom. The molecule has 0 unspecified atom stereocenters. The molecule has 7 nitrogen and oxygen atoms in total. The zero-order valence-electron chi connectivity index (χ0n) is 14.3. The summed E-state index contributed by atoms with van der Waals surface area (Å²) in [6.07, 6.45) is 2.05. The smallest absolute Gasteiger partial charge is 0.242 e. The lowest BCUT2D eigenvalue weighted by Gasteiger charge is -2.18.